The maximum absolute atomic E-state index is 3.59. The highest BCUT2D eigenvalue weighted by molar-refractivity contribution is 8.00. The van der Waals surface area contributed by atoms with E-state index in [2.05, 4.69) is 17.1 Å². The third-order valence-corrected chi connectivity index (χ3v) is 7.61. The molecule has 0 amide bonds. The van der Waals surface area contributed by atoms with Crippen LogP contribution in [-0.4, -0.2) is 23.6 Å². The Morgan fingerprint density at radius 1 is 0.882 bits per heavy atom. The molecule has 1 N–H and O–H groups in total. The molecule has 1 unspecified atom stereocenters. The lowest BCUT2D eigenvalue weighted by Crippen LogP contribution is -2.48. The molecule has 4 bridgehead atoms. The van der Waals surface area contributed by atoms with Crippen LogP contribution in [0.2, 0.25) is 0 Å². The Morgan fingerprint density at radius 3 is 2.18 bits per heavy atom. The molecule has 0 aromatic heterocycles. The molecular formula is C15H25NS. The van der Waals surface area contributed by atoms with Gasteiger partial charge in [-0.3, -0.25) is 0 Å². The molecule has 1 nitrogen and oxygen atoms in total. The summed E-state index contributed by atoms with van der Waals surface area (Å²) in [5.41, 5.74) is 0. The predicted octanol–water partition coefficient (Wildman–Crippen LogP) is 3.30. The second kappa shape index (κ2) is 4.45. The molecule has 5 aliphatic rings. The Balaban J connectivity index is 1.43. The van der Waals surface area contributed by atoms with E-state index >= 15 is 0 Å². The summed E-state index contributed by atoms with van der Waals surface area (Å²) >= 11 is 2.39. The number of hydrogen-bond acceptors (Lipinski definition) is 2. The van der Waals surface area contributed by atoms with Gasteiger partial charge in [0.25, 0.3) is 0 Å². The van der Waals surface area contributed by atoms with Crippen molar-refractivity contribution in [3.63, 3.8) is 0 Å². The summed E-state index contributed by atoms with van der Waals surface area (Å²) in [6.45, 7) is 2.55. The molecule has 0 aromatic carbocycles. The zero-order valence-electron chi connectivity index (χ0n) is 10.7. The maximum atomic E-state index is 3.59. The number of rotatable bonds is 2. The first-order valence-corrected chi connectivity index (χ1v) is 8.69. The van der Waals surface area contributed by atoms with Gasteiger partial charge < -0.3 is 5.32 Å². The first-order valence-electron chi connectivity index (χ1n) is 7.74. The average molecular weight is 251 g/mol. The van der Waals surface area contributed by atoms with E-state index in [9.17, 15) is 0 Å². The van der Waals surface area contributed by atoms with Crippen molar-refractivity contribution in [3.8, 4) is 0 Å². The molecule has 1 atom stereocenters. The Labute approximate surface area is 109 Å². The molecule has 17 heavy (non-hydrogen) atoms. The lowest BCUT2D eigenvalue weighted by molar-refractivity contribution is 0.0265. The number of hydrogen-bond donors (Lipinski definition) is 1. The van der Waals surface area contributed by atoms with E-state index in [-0.39, 0.29) is 0 Å². The van der Waals surface area contributed by atoms with Crippen molar-refractivity contribution in [1.29, 1.82) is 0 Å². The largest absolute Gasteiger partial charge is 0.316 e. The molecule has 1 heterocycles. The summed E-state index contributed by atoms with van der Waals surface area (Å²) in [5, 5.41) is 5.57. The van der Waals surface area contributed by atoms with Crippen molar-refractivity contribution < 1.29 is 0 Å². The van der Waals surface area contributed by atoms with Gasteiger partial charge in [0.15, 0.2) is 0 Å². The van der Waals surface area contributed by atoms with E-state index in [0.29, 0.717) is 0 Å². The minimum absolute atomic E-state index is 0.936. The van der Waals surface area contributed by atoms with E-state index < -0.39 is 0 Å². The fraction of sp³-hybridized carbons (Fsp3) is 1.00. The average Bonchev–Trinajstić information content (AvgIpc) is 2.34. The van der Waals surface area contributed by atoms with Gasteiger partial charge in [0.2, 0.25) is 0 Å². The van der Waals surface area contributed by atoms with Crippen molar-refractivity contribution in [2.24, 2.45) is 23.7 Å². The van der Waals surface area contributed by atoms with Gasteiger partial charge in [-0.05, 0) is 75.2 Å². The Morgan fingerprint density at radius 2 is 1.59 bits per heavy atom. The normalized spacial score (nSPS) is 52.9. The topological polar surface area (TPSA) is 12.0 Å². The molecule has 1 aliphatic heterocycles. The zero-order chi connectivity index (χ0) is 11.2. The van der Waals surface area contributed by atoms with Crippen molar-refractivity contribution in [2.45, 2.75) is 55.4 Å². The Hall–Kier alpha value is 0.310. The lowest BCUT2D eigenvalue weighted by Gasteiger charge is -2.54. The van der Waals surface area contributed by atoms with Crippen LogP contribution in [0.5, 0.6) is 0 Å². The number of piperidine rings is 1. The highest BCUT2D eigenvalue weighted by Crippen LogP contribution is 2.57. The SMILES string of the molecule is C1CNCC(SC2C3CC4CC(C3)CC2C4)C1. The van der Waals surface area contributed by atoms with E-state index in [1.165, 1.54) is 25.9 Å². The molecular weight excluding hydrogens is 226 g/mol. The summed E-state index contributed by atoms with van der Waals surface area (Å²) in [6, 6.07) is 0. The molecule has 0 spiro atoms. The van der Waals surface area contributed by atoms with Gasteiger partial charge in [0.05, 0.1) is 0 Å². The van der Waals surface area contributed by atoms with Gasteiger partial charge in [0.1, 0.15) is 0 Å². The van der Waals surface area contributed by atoms with Gasteiger partial charge in [-0.1, -0.05) is 0 Å². The van der Waals surface area contributed by atoms with Gasteiger partial charge in [-0.2, -0.15) is 11.8 Å². The minimum Gasteiger partial charge on any atom is -0.316 e. The van der Waals surface area contributed by atoms with E-state index in [4.69, 9.17) is 0 Å². The molecule has 5 rings (SSSR count). The second-order valence-electron chi connectivity index (χ2n) is 7.00. The molecule has 4 saturated carbocycles. The van der Waals surface area contributed by atoms with Crippen molar-refractivity contribution >= 4 is 11.8 Å². The maximum Gasteiger partial charge on any atom is 0.0175 e. The van der Waals surface area contributed by atoms with Crippen LogP contribution in [0.3, 0.4) is 0 Å². The molecule has 0 radical (unpaired) electrons. The Bertz CT molecular complexity index is 257. The lowest BCUT2D eigenvalue weighted by atomic mass is 9.56. The molecule has 96 valence electrons. The first-order chi connectivity index (χ1) is 8.38. The minimum atomic E-state index is 0.936. The van der Waals surface area contributed by atoms with Crippen LogP contribution < -0.4 is 5.32 Å². The Kier molecular flexibility index (Phi) is 2.92. The predicted molar refractivity (Wildman–Crippen MR) is 74.3 cm³/mol. The standard InChI is InChI=1S/C15H25NS/c1-2-14(9-16-3-1)17-15-12-5-10-4-11(7-12)8-13(15)6-10/h10-16H,1-9H2. The van der Waals surface area contributed by atoms with Gasteiger partial charge in [0, 0.05) is 17.0 Å². The summed E-state index contributed by atoms with van der Waals surface area (Å²) in [4.78, 5) is 0. The smallest absolute Gasteiger partial charge is 0.0175 e. The molecule has 4 aliphatic carbocycles. The van der Waals surface area contributed by atoms with Crippen LogP contribution in [0, 0.1) is 23.7 Å². The quantitative estimate of drug-likeness (QED) is 0.808. The van der Waals surface area contributed by atoms with Crippen molar-refractivity contribution in [1.82, 2.24) is 5.32 Å². The van der Waals surface area contributed by atoms with E-state index in [1.807, 2.05) is 0 Å². The third-order valence-electron chi connectivity index (χ3n) is 5.74. The summed E-state index contributed by atoms with van der Waals surface area (Å²) < 4.78 is 0. The van der Waals surface area contributed by atoms with Gasteiger partial charge in [-0.25, -0.2) is 0 Å². The monoisotopic (exact) mass is 251 g/mol. The van der Waals surface area contributed by atoms with Crippen LogP contribution in [0.25, 0.3) is 0 Å². The van der Waals surface area contributed by atoms with Crippen LogP contribution in [0.1, 0.15) is 44.9 Å². The number of thioether (sulfide) groups is 1. The van der Waals surface area contributed by atoms with Crippen LogP contribution >= 0.6 is 11.8 Å². The number of nitrogens with one attached hydrogen (secondary N) is 1. The van der Waals surface area contributed by atoms with Gasteiger partial charge >= 0.3 is 0 Å². The third kappa shape index (κ3) is 2.06. The summed E-state index contributed by atoms with van der Waals surface area (Å²) in [5.74, 6) is 4.49. The van der Waals surface area contributed by atoms with Crippen molar-refractivity contribution in [3.05, 3.63) is 0 Å². The second-order valence-corrected chi connectivity index (χ2v) is 8.48. The molecule has 5 fully saturated rings. The van der Waals surface area contributed by atoms with Crippen molar-refractivity contribution in [2.75, 3.05) is 13.1 Å². The van der Waals surface area contributed by atoms with E-state index in [0.717, 1.165) is 34.2 Å². The fourth-order valence-electron chi connectivity index (χ4n) is 5.26. The summed E-state index contributed by atoms with van der Waals surface area (Å²) in [6.07, 6.45) is 10.8. The van der Waals surface area contributed by atoms with Crippen LogP contribution in [0.15, 0.2) is 0 Å². The highest BCUT2D eigenvalue weighted by Gasteiger charge is 2.48. The van der Waals surface area contributed by atoms with Crippen LogP contribution in [-0.2, 0) is 0 Å². The molecule has 2 heteroatoms. The van der Waals surface area contributed by atoms with Gasteiger partial charge in [-0.15, -0.1) is 0 Å². The first kappa shape index (κ1) is 11.2. The van der Waals surface area contributed by atoms with Crippen LogP contribution in [0.4, 0.5) is 0 Å². The molecule has 1 saturated heterocycles. The molecule has 0 aromatic rings. The zero-order valence-corrected chi connectivity index (χ0v) is 11.6. The highest BCUT2D eigenvalue weighted by atomic mass is 32.2. The van der Waals surface area contributed by atoms with E-state index in [1.54, 1.807) is 32.1 Å². The fourth-order valence-corrected chi connectivity index (χ4v) is 7.11. The summed E-state index contributed by atoms with van der Waals surface area (Å²) in [7, 11) is 0.